The van der Waals surface area contributed by atoms with E-state index in [9.17, 15) is 19.2 Å². The lowest BCUT2D eigenvalue weighted by Gasteiger charge is -2.24. The summed E-state index contributed by atoms with van der Waals surface area (Å²) < 4.78 is 12.3. The molecule has 14 nitrogen and oxygen atoms in total. The lowest BCUT2D eigenvalue weighted by Crippen LogP contribution is -2.46. The Morgan fingerprint density at radius 1 is 0.707 bits per heavy atom. The van der Waals surface area contributed by atoms with Crippen molar-refractivity contribution in [3.05, 3.63) is 67.1 Å². The van der Waals surface area contributed by atoms with Crippen LogP contribution in [0.15, 0.2) is 40.3 Å². The zero-order valence-corrected chi connectivity index (χ0v) is 36.4. The van der Waals surface area contributed by atoms with Crippen LogP contribution in [-0.4, -0.2) is 82.3 Å². The van der Waals surface area contributed by atoms with E-state index >= 15 is 0 Å². The van der Waals surface area contributed by atoms with E-state index in [1.54, 1.807) is 6.92 Å². The van der Waals surface area contributed by atoms with Crippen LogP contribution in [0.3, 0.4) is 0 Å². The van der Waals surface area contributed by atoms with Gasteiger partial charge in [0.2, 0.25) is 23.6 Å². The molecule has 312 valence electrons. The minimum atomic E-state index is -0.873. The van der Waals surface area contributed by atoms with Gasteiger partial charge in [0.1, 0.15) is 46.2 Å². The third kappa shape index (κ3) is 9.27. The molecule has 2 aromatic heterocycles. The van der Waals surface area contributed by atoms with E-state index in [-0.39, 0.29) is 59.4 Å². The maximum atomic E-state index is 14.1. The van der Waals surface area contributed by atoms with Crippen LogP contribution in [0.5, 0.6) is 0 Å². The first-order valence-electron chi connectivity index (χ1n) is 20.4. The van der Waals surface area contributed by atoms with Gasteiger partial charge in [0, 0.05) is 9.75 Å². The number of rotatable bonds is 8. The summed E-state index contributed by atoms with van der Waals surface area (Å²) in [4.78, 5) is 76.8. The zero-order chi connectivity index (χ0) is 41.8. The Kier molecular flexibility index (Phi) is 13.7. The molecule has 0 saturated carbocycles. The molecule has 3 aromatic rings. The molecule has 4 N–H and O–H groups in total. The van der Waals surface area contributed by atoms with Gasteiger partial charge in [0.15, 0.2) is 12.1 Å². The van der Waals surface area contributed by atoms with E-state index in [2.05, 4.69) is 21.3 Å². The van der Waals surface area contributed by atoms with E-state index in [0.29, 0.717) is 39.0 Å². The predicted octanol–water partition coefficient (Wildman–Crippen LogP) is 5.81. The maximum Gasteiger partial charge on any atom is 0.271 e. The normalized spacial score (nSPS) is 27.0. The molecule has 0 spiro atoms. The number of hydrogen-bond donors (Lipinski definition) is 4. The summed E-state index contributed by atoms with van der Waals surface area (Å²) >= 11 is 2.71. The van der Waals surface area contributed by atoms with Crippen LogP contribution in [0.25, 0.3) is 0 Å². The molecule has 1 aromatic carbocycles. The number of thiazole rings is 2. The van der Waals surface area contributed by atoms with Gasteiger partial charge in [-0.25, -0.2) is 20.0 Å². The van der Waals surface area contributed by atoms with Gasteiger partial charge in [0.05, 0.1) is 12.1 Å². The van der Waals surface area contributed by atoms with Crippen molar-refractivity contribution in [2.24, 2.45) is 27.7 Å². The zero-order valence-electron chi connectivity index (χ0n) is 34.8. The van der Waals surface area contributed by atoms with E-state index < -0.39 is 54.2 Å². The Morgan fingerprint density at radius 3 is 1.86 bits per heavy atom. The average molecular weight is 833 g/mol. The number of ether oxygens (including phenoxy) is 2. The van der Waals surface area contributed by atoms with Crippen molar-refractivity contribution < 1.29 is 28.7 Å². The largest absolute Gasteiger partial charge is 0.477 e. The van der Waals surface area contributed by atoms with Gasteiger partial charge >= 0.3 is 0 Å². The van der Waals surface area contributed by atoms with Gasteiger partial charge in [-0.1, -0.05) is 91.1 Å². The molecule has 0 saturated heterocycles. The van der Waals surface area contributed by atoms with E-state index in [0.717, 1.165) is 12.0 Å². The molecule has 3 aliphatic heterocycles. The Balaban J connectivity index is 1.42. The van der Waals surface area contributed by atoms with Gasteiger partial charge < -0.3 is 30.7 Å². The van der Waals surface area contributed by atoms with Crippen LogP contribution in [0, 0.1) is 31.6 Å². The molecule has 5 heterocycles. The summed E-state index contributed by atoms with van der Waals surface area (Å²) in [5, 5.41) is 13.8. The molecule has 0 aliphatic carbocycles. The van der Waals surface area contributed by atoms with Crippen molar-refractivity contribution in [2.45, 2.75) is 130 Å². The molecular weight excluding hydrogens is 777 g/mol. The topological polar surface area (TPSA) is 185 Å². The molecule has 6 rings (SSSR count). The maximum absolute atomic E-state index is 14.1. The number of fused-ring (bicyclic) bond motifs is 6. The number of aromatic nitrogens is 2. The molecule has 8 bridgehead atoms. The van der Waals surface area contributed by atoms with Crippen LogP contribution in [-0.2, 0) is 25.5 Å². The van der Waals surface area contributed by atoms with Gasteiger partial charge in [-0.2, -0.15) is 0 Å². The number of aryl methyl sites for hydroxylation is 2. The number of nitrogens with zero attached hydrogens (tertiary/aromatic N) is 4. The minimum Gasteiger partial charge on any atom is -0.477 e. The van der Waals surface area contributed by atoms with Crippen molar-refractivity contribution in [1.82, 2.24) is 31.2 Å². The number of carbonyl (C=O) groups is 4. The third-order valence-corrected chi connectivity index (χ3v) is 13.7. The summed E-state index contributed by atoms with van der Waals surface area (Å²) in [6.07, 6.45) is 1.97. The first-order chi connectivity index (χ1) is 27.7. The smallest absolute Gasteiger partial charge is 0.271 e. The monoisotopic (exact) mass is 832 g/mol. The molecule has 16 heteroatoms. The van der Waals surface area contributed by atoms with E-state index in [1.807, 2.05) is 85.7 Å². The van der Waals surface area contributed by atoms with Crippen molar-refractivity contribution >= 4 is 58.1 Å². The number of hydrogen-bond acceptors (Lipinski definition) is 12. The summed E-state index contributed by atoms with van der Waals surface area (Å²) in [6, 6.07) is 5.69. The molecule has 3 aliphatic rings. The predicted molar refractivity (Wildman–Crippen MR) is 225 cm³/mol. The molecule has 58 heavy (non-hydrogen) atoms. The van der Waals surface area contributed by atoms with Gasteiger partial charge in [0.25, 0.3) is 11.8 Å². The van der Waals surface area contributed by atoms with E-state index in [1.165, 1.54) is 22.7 Å². The van der Waals surface area contributed by atoms with Crippen LogP contribution < -0.4 is 21.3 Å². The molecule has 0 fully saturated rings. The van der Waals surface area contributed by atoms with Crippen LogP contribution in [0.4, 0.5) is 0 Å². The minimum absolute atomic E-state index is 0.00527. The highest BCUT2D eigenvalue weighted by Crippen LogP contribution is 2.32. The van der Waals surface area contributed by atoms with E-state index in [4.69, 9.17) is 29.4 Å². The average Bonchev–Trinajstić information content (AvgIpc) is 4.03. The molecule has 2 unspecified atom stereocenters. The van der Waals surface area contributed by atoms with Crippen LogP contribution in [0.2, 0.25) is 0 Å². The lowest BCUT2D eigenvalue weighted by molar-refractivity contribution is -0.125. The fraction of sp³-hybridized carbons (Fsp3) is 0.571. The highest BCUT2D eigenvalue weighted by atomic mass is 32.1. The standard InChI is InChI=1S/C42H56N8O6S2/c1-10-20(4)29-39-44-28(19-55-39)35(51)43-27(18-26-16-14-13-15-17-26)41-49-33(24(8)57-41)37(53)46-30(21(5)11-2)40-48-32(23(7)56-40)36(52)47-31(22(6)12-3)42-50-34(25(9)58-42)38(54)45-29/h13-17,20-23,27-32H,10-12,18-19H2,1-9H3,(H,43,51)(H,45,54)(H,46,53)(H,47,52)/t20-,21-,22-,23+,27+,28?,29-,30-,31+,32?/m0/s1. The van der Waals surface area contributed by atoms with Crippen molar-refractivity contribution in [3.8, 4) is 0 Å². The summed E-state index contributed by atoms with van der Waals surface area (Å²) in [5.41, 5.74) is 1.47. The second-order valence-electron chi connectivity index (χ2n) is 15.7. The van der Waals surface area contributed by atoms with Gasteiger partial charge in [-0.3, -0.25) is 19.2 Å². The van der Waals surface area contributed by atoms with Crippen molar-refractivity contribution in [2.75, 3.05) is 6.61 Å². The first-order valence-corrected chi connectivity index (χ1v) is 22.0. The summed E-state index contributed by atoms with van der Waals surface area (Å²) in [6.45, 7) is 17.6. The third-order valence-electron chi connectivity index (χ3n) is 11.5. The fourth-order valence-corrected chi connectivity index (χ4v) is 9.29. The highest BCUT2D eigenvalue weighted by molar-refractivity contribution is 7.12. The Labute approximate surface area is 348 Å². The molecule has 4 amide bonds. The SMILES string of the molecule is CC[C@H](C)[C@@H]1NC(=O)c2nc(sc2C)[C@@H]([C@@H](C)CC)NC(=O)C2N=C(O[C@@H]2C)[C@H]([C@@H](C)CC)NC(=O)c2nc(sc2C)[C@@H](Cc2ccccc2)NC(=O)C2COC1=N2. The highest BCUT2D eigenvalue weighted by Gasteiger charge is 2.41. The van der Waals surface area contributed by atoms with Gasteiger partial charge in [-0.15, -0.1) is 22.7 Å². The lowest BCUT2D eigenvalue weighted by atomic mass is 9.98. The Morgan fingerprint density at radius 2 is 1.26 bits per heavy atom. The van der Waals surface area contributed by atoms with Crippen molar-refractivity contribution in [3.63, 3.8) is 0 Å². The van der Waals surface area contributed by atoms with Crippen molar-refractivity contribution in [1.29, 1.82) is 0 Å². The first kappa shape index (κ1) is 42.9. The quantitative estimate of drug-likeness (QED) is 0.219. The number of amides is 4. The molecular formula is C42H56N8O6S2. The number of nitrogens with one attached hydrogen (secondary N) is 4. The number of aliphatic imine (C=N–C) groups is 2. The fourth-order valence-electron chi connectivity index (χ4n) is 7.21. The molecule has 0 radical (unpaired) electrons. The van der Waals surface area contributed by atoms with Crippen LogP contribution in [0.1, 0.15) is 126 Å². The van der Waals surface area contributed by atoms with Gasteiger partial charge in [-0.05, 0) is 50.5 Å². The second-order valence-corrected chi connectivity index (χ2v) is 18.2. The van der Waals surface area contributed by atoms with Crippen LogP contribution >= 0.6 is 22.7 Å². The number of benzene rings is 1. The second kappa shape index (κ2) is 18.5. The summed E-state index contributed by atoms with van der Waals surface area (Å²) in [5.74, 6) is -1.10. The molecule has 10 atom stereocenters. The number of carbonyl (C=O) groups excluding carboxylic acids is 4. The Bertz CT molecular complexity index is 2050. The Hall–Kier alpha value is -4.70. The summed E-state index contributed by atoms with van der Waals surface area (Å²) in [7, 11) is 0.